The van der Waals surface area contributed by atoms with E-state index >= 15 is 0 Å². The smallest absolute Gasteiger partial charge is 0.258 e. The summed E-state index contributed by atoms with van der Waals surface area (Å²) in [6, 6.07) is 2.21. The number of nitriles is 1. The number of rotatable bonds is 5. The van der Waals surface area contributed by atoms with E-state index < -0.39 is 0 Å². The van der Waals surface area contributed by atoms with E-state index in [4.69, 9.17) is 9.72 Å². The quantitative estimate of drug-likeness (QED) is 0.767. The highest BCUT2D eigenvalue weighted by molar-refractivity contribution is 5.75. The van der Waals surface area contributed by atoms with Crippen molar-refractivity contribution in [2.24, 2.45) is 0 Å². The molecule has 0 radical (unpaired) electrons. The summed E-state index contributed by atoms with van der Waals surface area (Å²) in [6.45, 7) is 10.6. The lowest BCUT2D eigenvalue weighted by atomic mass is 9.99. The van der Waals surface area contributed by atoms with Crippen molar-refractivity contribution in [2.45, 2.75) is 65.0 Å². The molecule has 7 heteroatoms. The van der Waals surface area contributed by atoms with Gasteiger partial charge in [-0.15, -0.1) is 0 Å². The van der Waals surface area contributed by atoms with Crippen LogP contribution in [0, 0.1) is 11.3 Å². The molecule has 1 unspecified atom stereocenters. The first-order valence-corrected chi connectivity index (χ1v) is 10.0. The molecule has 0 aliphatic carbocycles. The summed E-state index contributed by atoms with van der Waals surface area (Å²) in [5.41, 5.74) is 2.08. The van der Waals surface area contributed by atoms with Crippen LogP contribution in [0.25, 0.3) is 16.8 Å². The zero-order chi connectivity index (χ0) is 21.3. The first-order chi connectivity index (χ1) is 13.7. The first-order valence-electron chi connectivity index (χ1n) is 10.0. The molecule has 0 N–H and O–H groups in total. The summed E-state index contributed by atoms with van der Waals surface area (Å²) in [4.78, 5) is 18.4. The second-order valence-corrected chi connectivity index (χ2v) is 8.60. The van der Waals surface area contributed by atoms with Gasteiger partial charge in [0.2, 0.25) is 0 Å². The van der Waals surface area contributed by atoms with Gasteiger partial charge in [0.1, 0.15) is 6.07 Å². The van der Waals surface area contributed by atoms with Gasteiger partial charge >= 0.3 is 0 Å². The van der Waals surface area contributed by atoms with Crippen LogP contribution >= 0.6 is 0 Å². The highest BCUT2D eigenvalue weighted by Crippen LogP contribution is 2.31. The summed E-state index contributed by atoms with van der Waals surface area (Å²) >= 11 is 0. The zero-order valence-corrected chi connectivity index (χ0v) is 18.1. The van der Waals surface area contributed by atoms with Gasteiger partial charge in [-0.3, -0.25) is 14.0 Å². The third-order valence-electron chi connectivity index (χ3n) is 5.44. The Hall–Kier alpha value is -2.72. The second kappa shape index (κ2) is 7.96. The summed E-state index contributed by atoms with van der Waals surface area (Å²) in [5, 5.41) is 14.2. The molecule has 0 bridgehead atoms. The molecule has 3 rings (SSSR count). The van der Waals surface area contributed by atoms with Crippen LogP contribution in [0.3, 0.4) is 0 Å². The Morgan fingerprint density at radius 3 is 2.76 bits per heavy atom. The Morgan fingerprint density at radius 1 is 1.41 bits per heavy atom. The molecule has 3 heterocycles. The maximum absolute atomic E-state index is 13.5. The van der Waals surface area contributed by atoms with Crippen molar-refractivity contribution in [1.82, 2.24) is 19.3 Å². The third kappa shape index (κ3) is 3.77. The minimum absolute atomic E-state index is 0.0110. The number of ether oxygens (including phenoxy) is 1. The lowest BCUT2D eigenvalue weighted by Crippen LogP contribution is -2.32. The predicted octanol–water partition coefficient (Wildman–Crippen LogP) is 3.87. The molecule has 1 aliphatic rings. The van der Waals surface area contributed by atoms with Crippen LogP contribution in [0.5, 0.6) is 0 Å². The third-order valence-corrected chi connectivity index (χ3v) is 5.44. The molecule has 1 aliphatic heterocycles. The fraction of sp³-hybridized carbons (Fsp3) is 0.545. The molecule has 2 aromatic rings. The average Bonchev–Trinajstić information content (AvgIpc) is 3.09. The number of methoxy groups -OCH3 is 1. The van der Waals surface area contributed by atoms with Crippen molar-refractivity contribution in [3.63, 3.8) is 0 Å². The predicted molar refractivity (Wildman–Crippen MR) is 113 cm³/mol. The normalized spacial score (nSPS) is 16.9. The minimum Gasteiger partial charge on any atom is -0.382 e. The maximum atomic E-state index is 13.5. The van der Waals surface area contributed by atoms with Gasteiger partial charge in [-0.2, -0.15) is 10.4 Å². The number of aromatic nitrogens is 4. The number of hydrogen-bond donors (Lipinski definition) is 0. The molecule has 1 atom stereocenters. The lowest BCUT2D eigenvalue weighted by molar-refractivity contribution is 0.101. The van der Waals surface area contributed by atoms with Gasteiger partial charge in [0.05, 0.1) is 29.6 Å². The van der Waals surface area contributed by atoms with Gasteiger partial charge in [-0.05, 0) is 39.5 Å². The van der Waals surface area contributed by atoms with Gasteiger partial charge in [0, 0.05) is 30.5 Å². The molecule has 2 aromatic heterocycles. The highest BCUT2D eigenvalue weighted by Gasteiger charge is 2.27. The molecule has 0 saturated carbocycles. The number of allylic oxidation sites excluding steroid dienone is 2. The van der Waals surface area contributed by atoms with Crippen molar-refractivity contribution in [3.05, 3.63) is 40.2 Å². The van der Waals surface area contributed by atoms with Gasteiger partial charge < -0.3 is 4.74 Å². The van der Waals surface area contributed by atoms with Crippen LogP contribution in [0.1, 0.15) is 70.8 Å². The molecule has 0 saturated heterocycles. The lowest BCUT2D eigenvalue weighted by Gasteiger charge is -2.24. The fourth-order valence-corrected chi connectivity index (χ4v) is 3.87. The highest BCUT2D eigenvalue weighted by atomic mass is 16.5. The Kier molecular flexibility index (Phi) is 5.76. The summed E-state index contributed by atoms with van der Waals surface area (Å²) in [5.74, 6) is 0.439. The van der Waals surface area contributed by atoms with Crippen molar-refractivity contribution in [3.8, 4) is 17.3 Å². The second-order valence-electron chi connectivity index (χ2n) is 8.60. The van der Waals surface area contributed by atoms with Crippen molar-refractivity contribution in [2.75, 3.05) is 13.7 Å². The van der Waals surface area contributed by atoms with E-state index in [2.05, 4.69) is 11.2 Å². The van der Waals surface area contributed by atoms with E-state index in [9.17, 15) is 10.1 Å². The van der Waals surface area contributed by atoms with Crippen LogP contribution in [0.4, 0.5) is 0 Å². The Bertz CT molecular complexity index is 1040. The average molecular weight is 396 g/mol. The Balaban J connectivity index is 2.27. The molecule has 7 nitrogen and oxygen atoms in total. The molecule has 0 fully saturated rings. The Labute approximate surface area is 171 Å². The van der Waals surface area contributed by atoms with Gasteiger partial charge in [-0.25, -0.2) is 4.98 Å². The van der Waals surface area contributed by atoms with Crippen molar-refractivity contribution >= 4 is 5.57 Å². The van der Waals surface area contributed by atoms with E-state index in [-0.39, 0.29) is 23.1 Å². The van der Waals surface area contributed by atoms with Crippen LogP contribution < -0.4 is 5.56 Å². The minimum atomic E-state index is -0.335. The van der Waals surface area contributed by atoms with E-state index in [0.29, 0.717) is 29.3 Å². The van der Waals surface area contributed by atoms with E-state index in [0.717, 1.165) is 18.4 Å². The van der Waals surface area contributed by atoms with Crippen LogP contribution in [-0.4, -0.2) is 33.0 Å². The van der Waals surface area contributed by atoms with Crippen LogP contribution in [0.15, 0.2) is 23.3 Å². The maximum Gasteiger partial charge on any atom is 0.258 e. The number of fused-ring (bicyclic) bond motifs is 1. The van der Waals surface area contributed by atoms with Gasteiger partial charge in [0.25, 0.3) is 5.56 Å². The molecule has 0 spiro atoms. The molecule has 0 amide bonds. The van der Waals surface area contributed by atoms with E-state index in [1.165, 1.54) is 0 Å². The standard InChI is InChI=1S/C22H29N5O2/c1-14(2)18-19(17-11-24-26(12-17)22(4,5)13-29-6)25-20-16(10-23)9-7-8-15(3)27(20)21(18)28/h9,11-12,14-15H,7-8,13H2,1-6H3. The summed E-state index contributed by atoms with van der Waals surface area (Å²) in [7, 11) is 1.66. The zero-order valence-electron chi connectivity index (χ0n) is 18.1. The monoisotopic (exact) mass is 395 g/mol. The topological polar surface area (TPSA) is 85.7 Å². The molecule has 154 valence electrons. The molecular formula is C22H29N5O2. The van der Waals surface area contributed by atoms with E-state index in [1.807, 2.05) is 51.6 Å². The van der Waals surface area contributed by atoms with Crippen molar-refractivity contribution < 1.29 is 4.74 Å². The molecule has 29 heavy (non-hydrogen) atoms. The number of nitrogens with zero attached hydrogens (tertiary/aromatic N) is 5. The Morgan fingerprint density at radius 2 is 2.14 bits per heavy atom. The van der Waals surface area contributed by atoms with Crippen molar-refractivity contribution in [1.29, 1.82) is 5.26 Å². The summed E-state index contributed by atoms with van der Waals surface area (Å²) < 4.78 is 8.84. The number of hydrogen-bond acceptors (Lipinski definition) is 5. The first kappa shape index (κ1) is 21.0. The molecule has 0 aromatic carbocycles. The SMILES string of the molecule is COCC(C)(C)n1cc(-c2nc3n(c(=O)c2C(C)C)C(C)CCC=C3C#N)cn1. The molecular weight excluding hydrogens is 366 g/mol. The van der Waals surface area contributed by atoms with Crippen LogP contribution in [-0.2, 0) is 10.3 Å². The van der Waals surface area contributed by atoms with E-state index in [1.54, 1.807) is 17.9 Å². The van der Waals surface area contributed by atoms with Gasteiger partial charge in [0.15, 0.2) is 5.82 Å². The largest absolute Gasteiger partial charge is 0.382 e. The van der Waals surface area contributed by atoms with Gasteiger partial charge in [-0.1, -0.05) is 19.9 Å². The fourth-order valence-electron chi connectivity index (χ4n) is 3.87. The summed E-state index contributed by atoms with van der Waals surface area (Å²) in [6.07, 6.45) is 7.07. The van der Waals surface area contributed by atoms with Crippen LogP contribution in [0.2, 0.25) is 0 Å².